The summed E-state index contributed by atoms with van der Waals surface area (Å²) in [6.45, 7) is 3.38. The minimum atomic E-state index is -0.224. The van der Waals surface area contributed by atoms with Gasteiger partial charge in [0, 0.05) is 44.3 Å². The molecule has 1 saturated heterocycles. The average molecular weight is 425 g/mol. The lowest BCUT2D eigenvalue weighted by molar-refractivity contribution is -0.132. The molecule has 2 amide bonds. The van der Waals surface area contributed by atoms with Crippen LogP contribution in [0.2, 0.25) is 0 Å². The number of hydrogen-bond donors (Lipinski definition) is 1. The van der Waals surface area contributed by atoms with E-state index >= 15 is 0 Å². The number of benzene rings is 2. The Morgan fingerprint density at radius 2 is 1.71 bits per heavy atom. The molecule has 6 nitrogen and oxygen atoms in total. The molecule has 2 aromatic rings. The van der Waals surface area contributed by atoms with E-state index in [4.69, 9.17) is 0 Å². The van der Waals surface area contributed by atoms with Crippen LogP contribution >= 0.6 is 0 Å². The fourth-order valence-corrected chi connectivity index (χ4v) is 3.86. The van der Waals surface area contributed by atoms with E-state index in [0.717, 1.165) is 18.4 Å². The van der Waals surface area contributed by atoms with Crippen molar-refractivity contribution < 1.29 is 14.0 Å². The molecule has 31 heavy (non-hydrogen) atoms. The van der Waals surface area contributed by atoms with Crippen molar-refractivity contribution in [2.75, 3.05) is 44.7 Å². The number of para-hydroxylation sites is 1. The summed E-state index contributed by atoms with van der Waals surface area (Å²) in [6.07, 6.45) is 2.14. The van der Waals surface area contributed by atoms with Gasteiger partial charge in [-0.05, 0) is 49.7 Å². The number of nitrogens with zero attached hydrogens (tertiary/aromatic N) is 3. The van der Waals surface area contributed by atoms with Gasteiger partial charge in [-0.3, -0.25) is 14.5 Å². The maximum atomic E-state index is 14.0. The Morgan fingerprint density at radius 3 is 2.35 bits per heavy atom. The van der Waals surface area contributed by atoms with Crippen LogP contribution in [0.5, 0.6) is 0 Å². The molecule has 0 atom stereocenters. The summed E-state index contributed by atoms with van der Waals surface area (Å²) in [6, 6.07) is 14.7. The van der Waals surface area contributed by atoms with E-state index in [9.17, 15) is 14.0 Å². The summed E-state index contributed by atoms with van der Waals surface area (Å²) in [5.41, 5.74) is 2.32. The van der Waals surface area contributed by atoms with Gasteiger partial charge in [0.2, 0.25) is 5.91 Å². The Labute approximate surface area is 182 Å². The van der Waals surface area contributed by atoms with E-state index < -0.39 is 0 Å². The highest BCUT2D eigenvalue weighted by Crippen LogP contribution is 2.21. The van der Waals surface area contributed by atoms with Gasteiger partial charge in [0.05, 0.1) is 12.2 Å². The third-order valence-corrected chi connectivity index (χ3v) is 5.81. The molecule has 0 radical (unpaired) electrons. The summed E-state index contributed by atoms with van der Waals surface area (Å²) in [5.74, 6) is -0.165. The Morgan fingerprint density at radius 1 is 1.03 bits per heavy atom. The molecular weight excluding hydrogens is 395 g/mol. The molecule has 0 spiro atoms. The number of amides is 2. The van der Waals surface area contributed by atoms with Crippen molar-refractivity contribution in [1.82, 2.24) is 15.1 Å². The number of rotatable bonds is 7. The molecule has 2 fully saturated rings. The first-order valence-electron chi connectivity index (χ1n) is 10.9. The normalized spacial score (nSPS) is 16.5. The predicted octanol–water partition coefficient (Wildman–Crippen LogP) is 2.50. The first-order valence-corrected chi connectivity index (χ1v) is 10.9. The molecule has 1 heterocycles. The van der Waals surface area contributed by atoms with E-state index in [0.29, 0.717) is 56.6 Å². The minimum absolute atomic E-state index is 0.0212. The number of nitrogens with one attached hydrogen (secondary N) is 1. The van der Waals surface area contributed by atoms with Crippen molar-refractivity contribution in [3.8, 4) is 0 Å². The largest absolute Gasteiger partial charge is 0.366 e. The van der Waals surface area contributed by atoms with Crippen LogP contribution in [0, 0.1) is 5.82 Å². The molecule has 0 bridgehead atoms. The first-order chi connectivity index (χ1) is 15.0. The van der Waals surface area contributed by atoms with Crippen LogP contribution in [-0.2, 0) is 11.3 Å². The molecule has 2 aromatic carbocycles. The molecule has 1 aliphatic carbocycles. The summed E-state index contributed by atoms with van der Waals surface area (Å²) in [4.78, 5) is 30.6. The predicted molar refractivity (Wildman–Crippen MR) is 118 cm³/mol. The zero-order chi connectivity index (χ0) is 21.8. The van der Waals surface area contributed by atoms with E-state index in [1.54, 1.807) is 12.1 Å². The Bertz CT molecular complexity index is 921. The molecule has 1 saturated carbocycles. The van der Waals surface area contributed by atoms with Crippen molar-refractivity contribution >= 4 is 17.5 Å². The van der Waals surface area contributed by atoms with Crippen molar-refractivity contribution in [3.63, 3.8) is 0 Å². The summed E-state index contributed by atoms with van der Waals surface area (Å²) < 4.78 is 14.0. The number of anilines is 1. The van der Waals surface area contributed by atoms with Gasteiger partial charge in [0.25, 0.3) is 5.91 Å². The number of hydrogen-bond acceptors (Lipinski definition) is 4. The second-order valence-electron chi connectivity index (χ2n) is 8.44. The summed E-state index contributed by atoms with van der Waals surface area (Å²) in [5, 5.41) is 2.99. The maximum absolute atomic E-state index is 14.0. The van der Waals surface area contributed by atoms with E-state index in [-0.39, 0.29) is 17.6 Å². The minimum Gasteiger partial charge on any atom is -0.366 e. The standard InChI is InChI=1S/C24H29FN4O2/c1-27(16-18-6-8-19(9-7-18)24(31)26-20-10-11-20)17-23(30)29-14-12-28(13-15-29)22-5-3-2-4-21(22)25/h2-9,20H,10-17H2,1H3,(H,26,31). The van der Waals surface area contributed by atoms with Crippen molar-refractivity contribution in [2.24, 2.45) is 0 Å². The highest BCUT2D eigenvalue weighted by Gasteiger charge is 2.24. The molecule has 0 aromatic heterocycles. The van der Waals surface area contributed by atoms with Gasteiger partial charge in [-0.25, -0.2) is 4.39 Å². The van der Waals surface area contributed by atoms with E-state index in [1.165, 1.54) is 6.07 Å². The van der Waals surface area contributed by atoms with Crippen LogP contribution in [0.25, 0.3) is 0 Å². The Hall–Kier alpha value is -2.93. The van der Waals surface area contributed by atoms with Crippen LogP contribution < -0.4 is 10.2 Å². The zero-order valence-corrected chi connectivity index (χ0v) is 17.9. The third kappa shape index (κ3) is 5.61. The van der Waals surface area contributed by atoms with Gasteiger partial charge in [0.15, 0.2) is 0 Å². The lowest BCUT2D eigenvalue weighted by atomic mass is 10.1. The quantitative estimate of drug-likeness (QED) is 0.742. The molecule has 0 unspecified atom stereocenters. The van der Waals surface area contributed by atoms with Gasteiger partial charge in [-0.2, -0.15) is 0 Å². The Kier molecular flexibility index (Phi) is 6.51. The van der Waals surface area contributed by atoms with Gasteiger partial charge < -0.3 is 15.1 Å². The van der Waals surface area contributed by atoms with Gasteiger partial charge in [0.1, 0.15) is 5.82 Å². The zero-order valence-electron chi connectivity index (χ0n) is 17.9. The summed E-state index contributed by atoms with van der Waals surface area (Å²) in [7, 11) is 1.92. The van der Waals surface area contributed by atoms with Gasteiger partial charge >= 0.3 is 0 Å². The monoisotopic (exact) mass is 424 g/mol. The van der Waals surface area contributed by atoms with Crippen LogP contribution in [0.1, 0.15) is 28.8 Å². The highest BCUT2D eigenvalue weighted by molar-refractivity contribution is 5.94. The number of halogens is 1. The molecule has 164 valence electrons. The van der Waals surface area contributed by atoms with Crippen LogP contribution in [0.3, 0.4) is 0 Å². The fraction of sp³-hybridized carbons (Fsp3) is 0.417. The van der Waals surface area contributed by atoms with Crippen LogP contribution in [0.15, 0.2) is 48.5 Å². The molecule has 4 rings (SSSR count). The number of carbonyl (C=O) groups is 2. The van der Waals surface area contributed by atoms with Gasteiger partial charge in [-0.15, -0.1) is 0 Å². The first kappa shape index (κ1) is 21.3. The van der Waals surface area contributed by atoms with Gasteiger partial charge in [-0.1, -0.05) is 24.3 Å². The third-order valence-electron chi connectivity index (χ3n) is 5.81. The molecule has 1 N–H and O–H groups in total. The maximum Gasteiger partial charge on any atom is 0.251 e. The number of piperazine rings is 1. The van der Waals surface area contributed by atoms with Crippen LogP contribution in [0.4, 0.5) is 10.1 Å². The van der Waals surface area contributed by atoms with Crippen molar-refractivity contribution in [2.45, 2.75) is 25.4 Å². The van der Waals surface area contributed by atoms with Crippen LogP contribution in [-0.4, -0.2) is 67.4 Å². The smallest absolute Gasteiger partial charge is 0.251 e. The van der Waals surface area contributed by atoms with E-state index in [1.807, 2.05) is 52.1 Å². The highest BCUT2D eigenvalue weighted by atomic mass is 19.1. The fourth-order valence-electron chi connectivity index (χ4n) is 3.86. The second-order valence-corrected chi connectivity index (χ2v) is 8.44. The molecule has 7 heteroatoms. The second kappa shape index (κ2) is 9.47. The average Bonchev–Trinajstić information content (AvgIpc) is 3.58. The lowest BCUT2D eigenvalue weighted by Crippen LogP contribution is -2.51. The molecular formula is C24H29FN4O2. The Balaban J connectivity index is 1.23. The molecule has 2 aliphatic rings. The topological polar surface area (TPSA) is 55.9 Å². The SMILES string of the molecule is CN(CC(=O)N1CCN(c2ccccc2F)CC1)Cc1ccc(C(=O)NC2CC2)cc1. The van der Waals surface area contributed by atoms with E-state index in [2.05, 4.69) is 5.32 Å². The molecule has 1 aliphatic heterocycles. The summed E-state index contributed by atoms with van der Waals surface area (Å²) >= 11 is 0. The van der Waals surface area contributed by atoms with Crippen molar-refractivity contribution in [3.05, 3.63) is 65.5 Å². The lowest BCUT2D eigenvalue weighted by Gasteiger charge is -2.36. The van der Waals surface area contributed by atoms with Crippen molar-refractivity contribution in [1.29, 1.82) is 0 Å². The number of carbonyl (C=O) groups excluding carboxylic acids is 2. The number of likely N-dealkylation sites (N-methyl/N-ethyl adjacent to an activating group) is 1.